The predicted molar refractivity (Wildman–Crippen MR) is 59.1 cm³/mol. The molecule has 2 atom stereocenters. The molecule has 4 heteroatoms. The normalized spacial score (nSPS) is 20.0. The third-order valence-electron chi connectivity index (χ3n) is 2.91. The minimum Gasteiger partial charge on any atom is -0.480 e. The number of benzene rings is 1. The lowest BCUT2D eigenvalue weighted by Crippen LogP contribution is -2.43. The number of carboxylic acids is 1. The molecule has 1 aliphatic rings. The van der Waals surface area contributed by atoms with Gasteiger partial charge in [-0.1, -0.05) is 18.2 Å². The van der Waals surface area contributed by atoms with E-state index >= 15 is 0 Å². The van der Waals surface area contributed by atoms with Crippen LogP contribution in [0.1, 0.15) is 12.5 Å². The molecule has 0 saturated heterocycles. The number of hydrogen-bond donors (Lipinski definition) is 1. The summed E-state index contributed by atoms with van der Waals surface area (Å²) in [6.45, 7) is 1.72. The second-order valence-corrected chi connectivity index (χ2v) is 3.90. The Morgan fingerprint density at radius 3 is 2.94 bits per heavy atom. The first-order valence-electron chi connectivity index (χ1n) is 5.14. The molecule has 2 unspecified atom stereocenters. The predicted octanol–water partition coefficient (Wildman–Crippen LogP) is 1.41. The summed E-state index contributed by atoms with van der Waals surface area (Å²) in [5.41, 5.74) is 1.86. The monoisotopic (exact) mass is 216 g/mol. The van der Waals surface area contributed by atoms with Crippen LogP contribution in [-0.2, 0) is 11.2 Å². The molecule has 0 amide bonds. The standard InChI is InChI=1S/C12H12N2O2/c1-8(7-13)14-10-5-3-2-4-9(10)6-11(14)12(15)16/h2-5,8,11H,6H2,1H3,(H,15,16). The molecule has 0 fully saturated rings. The van der Waals surface area contributed by atoms with Gasteiger partial charge in [0.25, 0.3) is 0 Å². The van der Waals surface area contributed by atoms with E-state index in [1.54, 1.807) is 11.8 Å². The van der Waals surface area contributed by atoms with Crippen molar-refractivity contribution >= 4 is 11.7 Å². The van der Waals surface area contributed by atoms with Gasteiger partial charge in [-0.15, -0.1) is 0 Å². The smallest absolute Gasteiger partial charge is 0.326 e. The van der Waals surface area contributed by atoms with Gasteiger partial charge in [0.1, 0.15) is 12.1 Å². The molecule has 16 heavy (non-hydrogen) atoms. The second-order valence-electron chi connectivity index (χ2n) is 3.90. The van der Waals surface area contributed by atoms with E-state index in [4.69, 9.17) is 10.4 Å². The number of nitriles is 1. The summed E-state index contributed by atoms with van der Waals surface area (Å²) in [6, 6.07) is 8.58. The van der Waals surface area contributed by atoms with Gasteiger partial charge >= 0.3 is 5.97 Å². The van der Waals surface area contributed by atoms with Crippen LogP contribution in [0.5, 0.6) is 0 Å². The first-order chi connectivity index (χ1) is 7.65. The highest BCUT2D eigenvalue weighted by Gasteiger charge is 2.36. The Balaban J connectivity index is 2.44. The van der Waals surface area contributed by atoms with Crippen LogP contribution in [0.4, 0.5) is 5.69 Å². The fourth-order valence-electron chi connectivity index (χ4n) is 2.16. The zero-order chi connectivity index (χ0) is 11.7. The van der Waals surface area contributed by atoms with Crippen molar-refractivity contribution in [1.82, 2.24) is 0 Å². The molecule has 4 nitrogen and oxygen atoms in total. The van der Waals surface area contributed by atoms with Crippen molar-refractivity contribution in [3.8, 4) is 6.07 Å². The maximum atomic E-state index is 11.1. The summed E-state index contributed by atoms with van der Waals surface area (Å²) in [5.74, 6) is -0.877. The third-order valence-corrected chi connectivity index (χ3v) is 2.91. The molecule has 0 bridgehead atoms. The largest absolute Gasteiger partial charge is 0.480 e. The lowest BCUT2D eigenvalue weighted by atomic mass is 10.1. The third kappa shape index (κ3) is 1.50. The SMILES string of the molecule is CC(C#N)N1c2ccccc2CC1C(=O)O. The fourth-order valence-corrected chi connectivity index (χ4v) is 2.16. The highest BCUT2D eigenvalue weighted by molar-refractivity contribution is 5.83. The van der Waals surface area contributed by atoms with Crippen molar-refractivity contribution in [1.29, 1.82) is 5.26 Å². The van der Waals surface area contributed by atoms with Crippen molar-refractivity contribution < 1.29 is 9.90 Å². The molecule has 0 aromatic heterocycles. The number of nitrogens with zero attached hydrogens (tertiary/aromatic N) is 2. The molecule has 82 valence electrons. The van der Waals surface area contributed by atoms with Gasteiger partial charge in [0.2, 0.25) is 0 Å². The van der Waals surface area contributed by atoms with Gasteiger partial charge in [-0.2, -0.15) is 5.26 Å². The summed E-state index contributed by atoms with van der Waals surface area (Å²) >= 11 is 0. The molecular weight excluding hydrogens is 204 g/mol. The van der Waals surface area contributed by atoms with Crippen LogP contribution >= 0.6 is 0 Å². The number of carbonyl (C=O) groups is 1. The molecule has 1 aliphatic heterocycles. The first kappa shape index (κ1) is 10.5. The lowest BCUT2D eigenvalue weighted by Gasteiger charge is -2.26. The van der Waals surface area contributed by atoms with Gasteiger partial charge in [0.15, 0.2) is 0 Å². The number of fused-ring (bicyclic) bond motifs is 1. The molecule has 1 heterocycles. The summed E-state index contributed by atoms with van der Waals surface area (Å²) < 4.78 is 0. The number of anilines is 1. The van der Waals surface area contributed by atoms with Crippen molar-refractivity contribution in [2.24, 2.45) is 0 Å². The Morgan fingerprint density at radius 2 is 2.31 bits per heavy atom. The van der Waals surface area contributed by atoms with Gasteiger partial charge in [-0.25, -0.2) is 4.79 Å². The highest BCUT2D eigenvalue weighted by Crippen LogP contribution is 2.33. The van der Waals surface area contributed by atoms with E-state index in [1.165, 1.54) is 0 Å². The van der Waals surface area contributed by atoms with Crippen molar-refractivity contribution in [3.05, 3.63) is 29.8 Å². The zero-order valence-electron chi connectivity index (χ0n) is 8.92. The van der Waals surface area contributed by atoms with Crippen LogP contribution in [0, 0.1) is 11.3 Å². The number of rotatable bonds is 2. The average Bonchev–Trinajstić information content (AvgIpc) is 2.67. The van der Waals surface area contributed by atoms with E-state index in [1.807, 2.05) is 24.3 Å². The second kappa shape index (κ2) is 3.86. The minimum absolute atomic E-state index is 0.426. The van der Waals surface area contributed by atoms with Crippen molar-refractivity contribution in [2.75, 3.05) is 4.90 Å². The minimum atomic E-state index is -0.877. The van der Waals surface area contributed by atoms with Crippen LogP contribution in [0.2, 0.25) is 0 Å². The van der Waals surface area contributed by atoms with Crippen LogP contribution in [-0.4, -0.2) is 23.2 Å². The molecular formula is C12H12N2O2. The number of hydrogen-bond acceptors (Lipinski definition) is 3. The van der Waals surface area contributed by atoms with Crippen molar-refractivity contribution in [3.63, 3.8) is 0 Å². The van der Waals surface area contributed by atoms with Gasteiger partial charge in [-0.3, -0.25) is 0 Å². The van der Waals surface area contributed by atoms with E-state index in [9.17, 15) is 4.79 Å². The molecule has 0 aliphatic carbocycles. The summed E-state index contributed by atoms with van der Waals surface area (Å²) in [7, 11) is 0. The van der Waals surface area contributed by atoms with E-state index in [0.29, 0.717) is 6.42 Å². The van der Waals surface area contributed by atoms with Crippen molar-refractivity contribution in [2.45, 2.75) is 25.4 Å². The zero-order valence-corrected chi connectivity index (χ0v) is 8.92. The molecule has 0 radical (unpaired) electrons. The summed E-state index contributed by atoms with van der Waals surface area (Å²) in [5, 5.41) is 18.1. The van der Waals surface area contributed by atoms with Crippen LogP contribution < -0.4 is 4.90 Å². The van der Waals surface area contributed by atoms with Gasteiger partial charge in [0.05, 0.1) is 6.07 Å². The first-order valence-corrected chi connectivity index (χ1v) is 5.14. The Labute approximate surface area is 93.7 Å². The Hall–Kier alpha value is -2.02. The Kier molecular flexibility index (Phi) is 2.53. The number of para-hydroxylation sites is 1. The molecule has 1 N–H and O–H groups in total. The molecule has 0 saturated carbocycles. The topological polar surface area (TPSA) is 64.3 Å². The molecule has 0 spiro atoms. The maximum Gasteiger partial charge on any atom is 0.326 e. The number of aliphatic carboxylic acids is 1. The van der Waals surface area contributed by atoms with Crippen LogP contribution in [0.15, 0.2) is 24.3 Å². The van der Waals surface area contributed by atoms with E-state index in [-0.39, 0.29) is 0 Å². The number of carboxylic acid groups (broad SMARTS) is 1. The molecule has 1 aromatic rings. The van der Waals surface area contributed by atoms with E-state index in [2.05, 4.69) is 6.07 Å². The van der Waals surface area contributed by atoms with E-state index in [0.717, 1.165) is 11.3 Å². The highest BCUT2D eigenvalue weighted by atomic mass is 16.4. The Bertz CT molecular complexity index is 464. The van der Waals surface area contributed by atoms with Crippen LogP contribution in [0.3, 0.4) is 0 Å². The Morgan fingerprint density at radius 1 is 1.62 bits per heavy atom. The quantitative estimate of drug-likeness (QED) is 0.811. The van der Waals surface area contributed by atoms with Gasteiger partial charge in [0, 0.05) is 12.1 Å². The fraction of sp³-hybridized carbons (Fsp3) is 0.333. The summed E-state index contributed by atoms with van der Waals surface area (Å²) in [4.78, 5) is 12.8. The summed E-state index contributed by atoms with van der Waals surface area (Å²) in [6.07, 6.45) is 0.470. The maximum absolute atomic E-state index is 11.1. The average molecular weight is 216 g/mol. The molecule has 2 rings (SSSR count). The van der Waals surface area contributed by atoms with Gasteiger partial charge in [-0.05, 0) is 18.6 Å². The van der Waals surface area contributed by atoms with Gasteiger partial charge < -0.3 is 10.0 Å². The van der Waals surface area contributed by atoms with E-state index < -0.39 is 18.1 Å². The van der Waals surface area contributed by atoms with Crippen LogP contribution in [0.25, 0.3) is 0 Å². The molecule has 1 aromatic carbocycles. The lowest BCUT2D eigenvalue weighted by molar-refractivity contribution is -0.138.